The highest BCUT2D eigenvalue weighted by Crippen LogP contribution is 2.35. The first-order valence-electron chi connectivity index (χ1n) is 8.89. The number of carbonyl (C=O) groups excluding carboxylic acids is 1. The summed E-state index contributed by atoms with van der Waals surface area (Å²) in [4.78, 5) is 12.5. The average Bonchev–Trinajstić information content (AvgIpc) is 2.52. The molecule has 3 nitrogen and oxygen atoms in total. The molecule has 0 aromatic heterocycles. The lowest BCUT2D eigenvalue weighted by Gasteiger charge is -2.27. The minimum Gasteiger partial charge on any atom is -0.388 e. The van der Waals surface area contributed by atoms with E-state index < -0.39 is 11.5 Å². The summed E-state index contributed by atoms with van der Waals surface area (Å²) in [5.41, 5.74) is 2.43. The SMILES string of the molecule is Cc1ccc(-c2cc(C(=O)NC(C)C)cc(C(O)C(C)(C)C)c2)c(F)c1. The second-order valence-electron chi connectivity index (χ2n) is 8.22. The van der Waals surface area contributed by atoms with Gasteiger partial charge >= 0.3 is 0 Å². The topological polar surface area (TPSA) is 49.3 Å². The summed E-state index contributed by atoms with van der Waals surface area (Å²) < 4.78 is 14.5. The molecule has 2 aromatic carbocycles. The molecule has 1 amide bonds. The minimum absolute atomic E-state index is 0.0155. The van der Waals surface area contributed by atoms with E-state index in [1.807, 2.05) is 47.6 Å². The number of halogens is 1. The van der Waals surface area contributed by atoms with Crippen LogP contribution in [0.4, 0.5) is 4.39 Å². The van der Waals surface area contributed by atoms with Gasteiger partial charge in [0.25, 0.3) is 5.91 Å². The number of hydrogen-bond acceptors (Lipinski definition) is 2. The molecule has 2 N–H and O–H groups in total. The number of aliphatic hydroxyl groups is 1. The van der Waals surface area contributed by atoms with Crippen molar-refractivity contribution >= 4 is 5.91 Å². The Labute approximate surface area is 155 Å². The molecule has 1 unspecified atom stereocenters. The van der Waals surface area contributed by atoms with Gasteiger partial charge in [0.1, 0.15) is 5.82 Å². The van der Waals surface area contributed by atoms with Gasteiger partial charge in [0.2, 0.25) is 0 Å². The van der Waals surface area contributed by atoms with Crippen LogP contribution in [-0.4, -0.2) is 17.1 Å². The van der Waals surface area contributed by atoms with Crippen LogP contribution in [0.15, 0.2) is 36.4 Å². The first-order chi connectivity index (χ1) is 12.0. The molecule has 0 bridgehead atoms. The quantitative estimate of drug-likeness (QED) is 0.807. The van der Waals surface area contributed by atoms with Crippen molar-refractivity contribution in [1.29, 1.82) is 0 Å². The molecule has 0 aliphatic carbocycles. The highest BCUT2D eigenvalue weighted by Gasteiger charge is 2.25. The molecule has 26 heavy (non-hydrogen) atoms. The number of aliphatic hydroxyl groups excluding tert-OH is 1. The van der Waals surface area contributed by atoms with Crippen LogP contribution in [0.2, 0.25) is 0 Å². The molecule has 4 heteroatoms. The zero-order valence-corrected chi connectivity index (χ0v) is 16.4. The molecule has 0 spiro atoms. The maximum Gasteiger partial charge on any atom is 0.251 e. The van der Waals surface area contributed by atoms with Crippen LogP contribution in [0.1, 0.15) is 62.2 Å². The van der Waals surface area contributed by atoms with Crippen molar-refractivity contribution in [2.45, 2.75) is 53.7 Å². The van der Waals surface area contributed by atoms with Gasteiger partial charge in [0, 0.05) is 17.2 Å². The largest absolute Gasteiger partial charge is 0.388 e. The maximum atomic E-state index is 14.5. The van der Waals surface area contributed by atoms with Crippen molar-refractivity contribution < 1.29 is 14.3 Å². The van der Waals surface area contributed by atoms with Gasteiger partial charge in [0.15, 0.2) is 0 Å². The molecule has 0 radical (unpaired) electrons. The van der Waals surface area contributed by atoms with Crippen LogP contribution in [-0.2, 0) is 0 Å². The van der Waals surface area contributed by atoms with Crippen molar-refractivity contribution in [3.05, 3.63) is 58.9 Å². The van der Waals surface area contributed by atoms with E-state index in [-0.39, 0.29) is 17.8 Å². The van der Waals surface area contributed by atoms with Crippen molar-refractivity contribution in [2.24, 2.45) is 5.41 Å². The standard InChI is InChI=1S/C22H28FNO2/c1-13(2)24-21(26)17-11-15(18-8-7-14(3)9-19(18)23)10-16(12-17)20(25)22(4,5)6/h7-13,20,25H,1-6H3,(H,24,26). The molecule has 0 aliphatic heterocycles. The van der Waals surface area contributed by atoms with Crippen LogP contribution >= 0.6 is 0 Å². The highest BCUT2D eigenvalue weighted by molar-refractivity contribution is 5.96. The number of amides is 1. The summed E-state index contributed by atoms with van der Waals surface area (Å²) in [6.07, 6.45) is -0.776. The van der Waals surface area contributed by atoms with Gasteiger partial charge in [-0.15, -0.1) is 0 Å². The molecule has 0 aliphatic rings. The Balaban J connectivity index is 2.62. The number of hydrogen-bond donors (Lipinski definition) is 2. The fourth-order valence-corrected chi connectivity index (χ4v) is 2.80. The van der Waals surface area contributed by atoms with E-state index in [0.29, 0.717) is 22.3 Å². The van der Waals surface area contributed by atoms with Gasteiger partial charge in [-0.3, -0.25) is 4.79 Å². The van der Waals surface area contributed by atoms with Gasteiger partial charge in [-0.05, 0) is 67.1 Å². The van der Waals surface area contributed by atoms with E-state index in [0.717, 1.165) is 5.56 Å². The second kappa shape index (κ2) is 7.58. The molecule has 140 valence electrons. The third-order valence-corrected chi connectivity index (χ3v) is 4.21. The van der Waals surface area contributed by atoms with Crippen LogP contribution in [0.3, 0.4) is 0 Å². The van der Waals surface area contributed by atoms with Gasteiger partial charge in [-0.2, -0.15) is 0 Å². The van der Waals surface area contributed by atoms with Crippen molar-refractivity contribution in [3.8, 4) is 11.1 Å². The summed E-state index contributed by atoms with van der Waals surface area (Å²) in [5.74, 6) is -0.584. The monoisotopic (exact) mass is 357 g/mol. The Bertz CT molecular complexity index is 806. The van der Waals surface area contributed by atoms with Gasteiger partial charge in [-0.1, -0.05) is 32.9 Å². The van der Waals surface area contributed by atoms with Crippen molar-refractivity contribution in [2.75, 3.05) is 0 Å². The molecule has 2 rings (SSSR count). The third kappa shape index (κ3) is 4.70. The fourth-order valence-electron chi connectivity index (χ4n) is 2.80. The smallest absolute Gasteiger partial charge is 0.251 e. The van der Waals surface area contributed by atoms with Crippen molar-refractivity contribution in [1.82, 2.24) is 5.32 Å². The lowest BCUT2D eigenvalue weighted by molar-refractivity contribution is 0.0626. The number of rotatable bonds is 4. The van der Waals surface area contributed by atoms with Crippen LogP contribution in [0.25, 0.3) is 11.1 Å². The van der Waals surface area contributed by atoms with Gasteiger partial charge < -0.3 is 10.4 Å². The fraction of sp³-hybridized carbons (Fsp3) is 0.409. The van der Waals surface area contributed by atoms with Gasteiger partial charge in [0.05, 0.1) is 6.10 Å². The molecule has 0 heterocycles. The summed E-state index contributed by atoms with van der Waals surface area (Å²) in [5, 5.41) is 13.6. The first kappa shape index (κ1) is 20.1. The molecular weight excluding hydrogens is 329 g/mol. The summed E-state index contributed by atoms with van der Waals surface area (Å²) in [6.45, 7) is 11.4. The Morgan fingerprint density at radius 3 is 2.31 bits per heavy atom. The van der Waals surface area contributed by atoms with E-state index >= 15 is 0 Å². The number of benzene rings is 2. The minimum atomic E-state index is -0.776. The van der Waals surface area contributed by atoms with Crippen LogP contribution in [0.5, 0.6) is 0 Å². The number of nitrogens with one attached hydrogen (secondary N) is 1. The predicted octanol–water partition coefficient (Wildman–Crippen LogP) is 5.02. The van der Waals surface area contributed by atoms with E-state index in [4.69, 9.17) is 0 Å². The predicted molar refractivity (Wildman–Crippen MR) is 104 cm³/mol. The summed E-state index contributed by atoms with van der Waals surface area (Å²) >= 11 is 0. The van der Waals surface area contributed by atoms with Crippen LogP contribution < -0.4 is 5.32 Å². The molecular formula is C22H28FNO2. The van der Waals surface area contributed by atoms with E-state index in [1.165, 1.54) is 6.07 Å². The number of aryl methyl sites for hydroxylation is 1. The lowest BCUT2D eigenvalue weighted by Crippen LogP contribution is -2.30. The Hall–Kier alpha value is -2.20. The summed E-state index contributed by atoms with van der Waals surface area (Å²) in [6, 6.07) is 10.1. The number of carbonyl (C=O) groups is 1. The van der Waals surface area contributed by atoms with E-state index in [9.17, 15) is 14.3 Å². The Kier molecular flexibility index (Phi) is 5.87. The zero-order chi connectivity index (χ0) is 19.6. The van der Waals surface area contributed by atoms with Crippen LogP contribution in [0, 0.1) is 18.2 Å². The van der Waals surface area contributed by atoms with Gasteiger partial charge in [-0.25, -0.2) is 4.39 Å². The molecule has 2 aromatic rings. The average molecular weight is 357 g/mol. The lowest BCUT2D eigenvalue weighted by atomic mass is 9.83. The normalized spacial score (nSPS) is 13.0. The maximum absolute atomic E-state index is 14.5. The first-order valence-corrected chi connectivity index (χ1v) is 8.89. The third-order valence-electron chi connectivity index (χ3n) is 4.21. The second-order valence-corrected chi connectivity index (χ2v) is 8.22. The Morgan fingerprint density at radius 1 is 1.12 bits per heavy atom. The molecule has 0 fully saturated rings. The molecule has 0 saturated carbocycles. The van der Waals surface area contributed by atoms with Crippen molar-refractivity contribution in [3.63, 3.8) is 0 Å². The zero-order valence-electron chi connectivity index (χ0n) is 16.4. The van der Waals surface area contributed by atoms with E-state index in [2.05, 4.69) is 5.32 Å². The van der Waals surface area contributed by atoms with E-state index in [1.54, 1.807) is 24.3 Å². The summed E-state index contributed by atoms with van der Waals surface area (Å²) in [7, 11) is 0. The Morgan fingerprint density at radius 2 is 1.77 bits per heavy atom. The molecule has 1 atom stereocenters. The molecule has 0 saturated heterocycles. The highest BCUT2D eigenvalue weighted by atomic mass is 19.1.